The van der Waals surface area contributed by atoms with Gasteiger partial charge in [-0.1, -0.05) is 19.1 Å². The third kappa shape index (κ3) is 3.20. The third-order valence-electron chi connectivity index (χ3n) is 2.68. The van der Waals surface area contributed by atoms with Gasteiger partial charge in [0, 0.05) is 31.2 Å². The van der Waals surface area contributed by atoms with Crippen molar-refractivity contribution < 1.29 is 0 Å². The number of rotatable bonds is 5. The average molecular weight is 242 g/mol. The van der Waals surface area contributed by atoms with Crippen molar-refractivity contribution in [3.8, 4) is 0 Å². The first-order valence-corrected chi connectivity index (χ1v) is 6.16. The predicted octanol–water partition coefficient (Wildman–Crippen LogP) is 2.48. The lowest BCUT2D eigenvalue weighted by atomic mass is 10.2. The number of nitrogens with zero attached hydrogens (tertiary/aromatic N) is 3. The first-order chi connectivity index (χ1) is 8.79. The molecule has 0 atom stereocenters. The van der Waals surface area contributed by atoms with Gasteiger partial charge in [0.1, 0.15) is 0 Å². The van der Waals surface area contributed by atoms with Gasteiger partial charge in [-0.2, -0.15) is 0 Å². The quantitative estimate of drug-likeness (QED) is 0.818. The molecule has 0 bridgehead atoms. The van der Waals surface area contributed by atoms with Crippen molar-refractivity contribution in [1.82, 2.24) is 9.97 Å². The van der Waals surface area contributed by atoms with Crippen molar-refractivity contribution in [2.24, 2.45) is 0 Å². The molecular weight excluding hydrogens is 224 g/mol. The molecule has 2 rings (SSSR count). The second-order valence-corrected chi connectivity index (χ2v) is 4.21. The minimum atomic E-state index is 0.774. The van der Waals surface area contributed by atoms with Crippen LogP contribution in [0.3, 0.4) is 0 Å². The van der Waals surface area contributed by atoms with Gasteiger partial charge in [-0.25, -0.2) is 9.97 Å². The molecule has 0 aliphatic rings. The highest BCUT2D eigenvalue weighted by atomic mass is 15.2. The van der Waals surface area contributed by atoms with Crippen LogP contribution in [-0.2, 0) is 6.54 Å². The molecule has 0 spiro atoms. The van der Waals surface area contributed by atoms with E-state index in [-0.39, 0.29) is 0 Å². The largest absolute Gasteiger partial charge is 0.399 e. The Morgan fingerprint density at radius 1 is 1.11 bits per heavy atom. The van der Waals surface area contributed by atoms with Crippen molar-refractivity contribution in [1.29, 1.82) is 0 Å². The van der Waals surface area contributed by atoms with Gasteiger partial charge in [0.05, 0.1) is 0 Å². The Hall–Kier alpha value is -2.10. The lowest BCUT2D eigenvalue weighted by Crippen LogP contribution is -2.25. The summed E-state index contributed by atoms with van der Waals surface area (Å²) in [7, 11) is 0. The van der Waals surface area contributed by atoms with Gasteiger partial charge < -0.3 is 10.6 Å². The molecule has 2 aromatic rings. The van der Waals surface area contributed by atoms with E-state index in [9.17, 15) is 0 Å². The van der Waals surface area contributed by atoms with Crippen LogP contribution >= 0.6 is 0 Å². The van der Waals surface area contributed by atoms with Crippen LogP contribution in [0.4, 0.5) is 11.6 Å². The maximum atomic E-state index is 5.69. The molecule has 18 heavy (non-hydrogen) atoms. The summed E-state index contributed by atoms with van der Waals surface area (Å²) in [5.74, 6) is 0.774. The molecule has 94 valence electrons. The fourth-order valence-electron chi connectivity index (χ4n) is 1.82. The summed E-state index contributed by atoms with van der Waals surface area (Å²) in [5, 5.41) is 0. The van der Waals surface area contributed by atoms with E-state index in [1.165, 1.54) is 5.56 Å². The molecule has 0 fully saturated rings. The average Bonchev–Trinajstić information content (AvgIpc) is 2.42. The van der Waals surface area contributed by atoms with E-state index in [1.807, 2.05) is 30.3 Å². The smallest absolute Gasteiger partial charge is 0.225 e. The van der Waals surface area contributed by atoms with Crippen LogP contribution in [0.1, 0.15) is 18.9 Å². The zero-order chi connectivity index (χ0) is 12.8. The maximum Gasteiger partial charge on any atom is 0.225 e. The van der Waals surface area contributed by atoms with Crippen molar-refractivity contribution >= 4 is 11.6 Å². The molecule has 1 heterocycles. The fraction of sp³-hybridized carbons (Fsp3) is 0.286. The van der Waals surface area contributed by atoms with E-state index in [4.69, 9.17) is 5.73 Å². The first kappa shape index (κ1) is 12.4. The van der Waals surface area contributed by atoms with Gasteiger partial charge in [0.2, 0.25) is 5.95 Å². The summed E-state index contributed by atoms with van der Waals surface area (Å²) in [5.41, 5.74) is 7.69. The lowest BCUT2D eigenvalue weighted by molar-refractivity contribution is 0.739. The molecule has 0 aliphatic carbocycles. The first-order valence-electron chi connectivity index (χ1n) is 6.16. The second kappa shape index (κ2) is 6.00. The van der Waals surface area contributed by atoms with Gasteiger partial charge in [-0.15, -0.1) is 0 Å². The molecule has 4 heteroatoms. The Bertz CT molecular complexity index is 467. The monoisotopic (exact) mass is 242 g/mol. The SMILES string of the molecule is CCCN(Cc1ccc(N)cc1)c1ncccn1. The molecule has 0 aliphatic heterocycles. The Morgan fingerprint density at radius 2 is 1.78 bits per heavy atom. The number of hydrogen-bond donors (Lipinski definition) is 1. The predicted molar refractivity (Wildman–Crippen MR) is 74.2 cm³/mol. The standard InChI is InChI=1S/C14H18N4/c1-2-10-18(14-16-8-3-9-17-14)11-12-4-6-13(15)7-5-12/h3-9H,2,10-11,15H2,1H3. The van der Waals surface area contributed by atoms with Crippen LogP contribution < -0.4 is 10.6 Å². The highest BCUT2D eigenvalue weighted by Gasteiger charge is 2.08. The number of nitrogens with two attached hydrogens (primary N) is 1. The normalized spacial score (nSPS) is 10.3. The molecule has 0 saturated carbocycles. The van der Waals surface area contributed by atoms with E-state index >= 15 is 0 Å². The Balaban J connectivity index is 2.14. The van der Waals surface area contributed by atoms with Crippen molar-refractivity contribution in [3.63, 3.8) is 0 Å². The molecule has 0 radical (unpaired) electrons. The van der Waals surface area contributed by atoms with Gasteiger partial charge >= 0.3 is 0 Å². The van der Waals surface area contributed by atoms with E-state index in [0.29, 0.717) is 0 Å². The topological polar surface area (TPSA) is 55.0 Å². The summed E-state index contributed by atoms with van der Waals surface area (Å²) < 4.78 is 0. The van der Waals surface area contributed by atoms with Crippen molar-refractivity contribution in [2.75, 3.05) is 17.2 Å². The highest BCUT2D eigenvalue weighted by molar-refractivity contribution is 5.41. The molecule has 1 aromatic carbocycles. The number of anilines is 2. The third-order valence-corrected chi connectivity index (χ3v) is 2.68. The second-order valence-electron chi connectivity index (χ2n) is 4.21. The Kier molecular flexibility index (Phi) is 4.12. The number of aromatic nitrogens is 2. The Labute approximate surface area is 107 Å². The lowest BCUT2D eigenvalue weighted by Gasteiger charge is -2.21. The van der Waals surface area contributed by atoms with Gasteiger partial charge in [-0.05, 0) is 30.2 Å². The molecular formula is C14H18N4. The van der Waals surface area contributed by atoms with Crippen LogP contribution in [0, 0.1) is 0 Å². The zero-order valence-electron chi connectivity index (χ0n) is 10.6. The Morgan fingerprint density at radius 3 is 2.39 bits per heavy atom. The summed E-state index contributed by atoms with van der Waals surface area (Å²) in [6, 6.07) is 9.76. The van der Waals surface area contributed by atoms with E-state index in [2.05, 4.69) is 21.8 Å². The van der Waals surface area contributed by atoms with Crippen LogP contribution in [0.25, 0.3) is 0 Å². The van der Waals surface area contributed by atoms with Crippen LogP contribution in [0.2, 0.25) is 0 Å². The molecule has 4 nitrogen and oxygen atoms in total. The van der Waals surface area contributed by atoms with Gasteiger partial charge in [-0.3, -0.25) is 0 Å². The molecule has 0 unspecified atom stereocenters. The molecule has 0 saturated heterocycles. The number of benzene rings is 1. The molecule has 0 amide bonds. The minimum Gasteiger partial charge on any atom is -0.399 e. The molecule has 2 N–H and O–H groups in total. The minimum absolute atomic E-state index is 0.774. The fourth-order valence-corrected chi connectivity index (χ4v) is 1.82. The maximum absolute atomic E-state index is 5.69. The van der Waals surface area contributed by atoms with Crippen molar-refractivity contribution in [3.05, 3.63) is 48.3 Å². The summed E-state index contributed by atoms with van der Waals surface area (Å²) in [4.78, 5) is 10.8. The summed E-state index contributed by atoms with van der Waals surface area (Å²) >= 11 is 0. The van der Waals surface area contributed by atoms with Crippen LogP contribution in [0.5, 0.6) is 0 Å². The van der Waals surface area contributed by atoms with E-state index in [0.717, 1.165) is 31.1 Å². The van der Waals surface area contributed by atoms with Crippen LogP contribution in [0.15, 0.2) is 42.7 Å². The summed E-state index contributed by atoms with van der Waals surface area (Å²) in [6.45, 7) is 3.89. The van der Waals surface area contributed by atoms with Crippen LogP contribution in [-0.4, -0.2) is 16.5 Å². The van der Waals surface area contributed by atoms with Gasteiger partial charge in [0.15, 0.2) is 0 Å². The van der Waals surface area contributed by atoms with E-state index in [1.54, 1.807) is 12.4 Å². The number of hydrogen-bond acceptors (Lipinski definition) is 4. The summed E-state index contributed by atoms with van der Waals surface area (Å²) in [6.07, 6.45) is 4.61. The number of nitrogen functional groups attached to an aromatic ring is 1. The zero-order valence-corrected chi connectivity index (χ0v) is 10.6. The molecule has 1 aromatic heterocycles. The highest BCUT2D eigenvalue weighted by Crippen LogP contribution is 2.13. The van der Waals surface area contributed by atoms with Crippen molar-refractivity contribution in [2.45, 2.75) is 19.9 Å². The van der Waals surface area contributed by atoms with Gasteiger partial charge in [0.25, 0.3) is 0 Å². The van der Waals surface area contributed by atoms with E-state index < -0.39 is 0 Å².